The fourth-order valence-corrected chi connectivity index (χ4v) is 8.27. The first-order valence-corrected chi connectivity index (χ1v) is 24.9. The minimum atomic E-state index is -2.08. The Morgan fingerprint density at radius 3 is 1.15 bits per heavy atom. The number of carbonyl (C=O) groups excluding carboxylic acids is 7. The number of nitrogens with one attached hydrogen (secondary N) is 6. The molecule has 426 valence electrons. The quantitative estimate of drug-likeness (QED) is 0.0320. The van der Waals surface area contributed by atoms with Crippen LogP contribution in [0, 0.1) is 5.92 Å². The Bertz CT molecular complexity index is 2960. The van der Waals surface area contributed by atoms with Crippen molar-refractivity contribution in [2.24, 2.45) is 17.4 Å². The van der Waals surface area contributed by atoms with Gasteiger partial charge in [-0.15, -0.1) is 0 Å². The molecule has 80 heavy (non-hydrogen) atoms. The van der Waals surface area contributed by atoms with Gasteiger partial charge in [0.2, 0.25) is 41.4 Å². The second kappa shape index (κ2) is 28.2. The molecule has 0 aliphatic rings. The maximum absolute atomic E-state index is 14.7. The number of phenols is 6. The van der Waals surface area contributed by atoms with E-state index < -0.39 is 139 Å². The molecule has 9 atom stereocenters. The smallest absolute Gasteiger partial charge is 0.326 e. The van der Waals surface area contributed by atoms with E-state index in [1.54, 1.807) is 13.8 Å². The Morgan fingerprint density at radius 2 is 0.762 bits per heavy atom. The summed E-state index contributed by atoms with van der Waals surface area (Å²) in [6, 6.07) is 11.0. The summed E-state index contributed by atoms with van der Waals surface area (Å²) in [6.07, 6.45) is -5.99. The van der Waals surface area contributed by atoms with Gasteiger partial charge in [-0.3, -0.25) is 33.6 Å². The molecule has 0 saturated heterocycles. The standard InChI is InChI=1S/C55H64N8O17/c1-27(2)19-39(56)49(73)62-45(47(71)31-7-15-35(66)16-8-31)53(77)60-42(26-44(57)70)51(75)58-40(22-28-3-11-33(64)12-4-28)50(74)59-41(23-29-5-13-34(65)14-6-29)52(76)63-46(48(72)32-9-17-36(67)18-10-32)54(78)61-43(55(79)80)24-30-20-37(68)25-38(69)21-30/h3-18,20-21,25,27,39-43,45-48,64-69,71-72H,19,22-24,26,56H2,1-2H3,(H2,57,70)(H,58,75)(H,59,74)(H,60,77)(H,61,78)(H,62,73)(H,63,76)(H,79,80)/t39-,40-,41-,42+,43+,45-,46+,47-,48-/m1/s1. The molecular weight excluding hydrogens is 1040 g/mol. The topological polar surface area (TPSA) is 443 Å². The number of carboxylic acids is 1. The summed E-state index contributed by atoms with van der Waals surface area (Å²) in [5, 5.41) is 108. The summed E-state index contributed by atoms with van der Waals surface area (Å²) in [5.41, 5.74) is 12.2. The van der Waals surface area contributed by atoms with Crippen molar-refractivity contribution in [1.29, 1.82) is 0 Å². The van der Waals surface area contributed by atoms with Gasteiger partial charge in [0.1, 0.15) is 83.0 Å². The molecule has 0 aliphatic heterocycles. The minimum absolute atomic E-state index is 0.0197. The third-order valence-corrected chi connectivity index (χ3v) is 12.4. The fraction of sp³-hybridized carbons (Fsp3) is 0.309. The predicted octanol–water partition coefficient (Wildman–Crippen LogP) is -0.342. The van der Waals surface area contributed by atoms with Gasteiger partial charge in [-0.2, -0.15) is 0 Å². The first-order valence-electron chi connectivity index (χ1n) is 24.9. The molecule has 0 aliphatic carbocycles. The van der Waals surface area contributed by atoms with E-state index in [-0.39, 0.29) is 57.6 Å². The van der Waals surface area contributed by atoms with Gasteiger partial charge in [0.15, 0.2) is 0 Å². The molecule has 0 saturated carbocycles. The number of amides is 7. The number of carbonyl (C=O) groups is 8. The molecule has 0 aromatic heterocycles. The Morgan fingerprint density at radius 1 is 0.425 bits per heavy atom. The highest BCUT2D eigenvalue weighted by Gasteiger charge is 2.38. The Balaban J connectivity index is 1.50. The number of hydrogen-bond donors (Lipinski definition) is 17. The summed E-state index contributed by atoms with van der Waals surface area (Å²) in [6.45, 7) is 3.58. The number of primary amides is 1. The number of phenolic OH excluding ortho intramolecular Hbond substituents is 6. The van der Waals surface area contributed by atoms with E-state index in [0.29, 0.717) is 5.56 Å². The van der Waals surface area contributed by atoms with E-state index in [0.717, 1.165) is 30.3 Å². The highest BCUT2D eigenvalue weighted by atomic mass is 16.4. The first kappa shape index (κ1) is 61.4. The van der Waals surface area contributed by atoms with Crippen LogP contribution < -0.4 is 43.4 Å². The van der Waals surface area contributed by atoms with Crippen molar-refractivity contribution in [3.05, 3.63) is 143 Å². The molecule has 19 N–H and O–H groups in total. The number of aliphatic carboxylic acids is 1. The molecule has 0 unspecified atom stereocenters. The molecule has 5 rings (SSSR count). The number of rotatable bonds is 27. The van der Waals surface area contributed by atoms with E-state index in [9.17, 15) is 84.3 Å². The number of carboxylic acid groups (broad SMARTS) is 1. The van der Waals surface area contributed by atoms with E-state index in [4.69, 9.17) is 11.5 Å². The molecule has 0 bridgehead atoms. The van der Waals surface area contributed by atoms with Gasteiger partial charge in [-0.05, 0) is 101 Å². The number of nitrogens with two attached hydrogens (primary N) is 2. The van der Waals surface area contributed by atoms with Crippen LogP contribution in [0.4, 0.5) is 0 Å². The summed E-state index contributed by atoms with van der Waals surface area (Å²) < 4.78 is 0. The van der Waals surface area contributed by atoms with Crippen LogP contribution in [0.1, 0.15) is 66.7 Å². The second-order valence-electron chi connectivity index (χ2n) is 19.3. The van der Waals surface area contributed by atoms with Gasteiger partial charge in [-0.25, -0.2) is 4.79 Å². The average molecular weight is 1110 g/mol. The van der Waals surface area contributed by atoms with Crippen LogP contribution in [0.15, 0.2) is 115 Å². The van der Waals surface area contributed by atoms with Crippen LogP contribution in [0.2, 0.25) is 0 Å². The molecule has 5 aromatic carbocycles. The van der Waals surface area contributed by atoms with E-state index in [1.807, 2.05) is 0 Å². The van der Waals surface area contributed by atoms with E-state index in [1.165, 1.54) is 84.9 Å². The molecule has 25 heteroatoms. The number of hydrogen-bond acceptors (Lipinski definition) is 17. The van der Waals surface area contributed by atoms with Crippen LogP contribution in [0.3, 0.4) is 0 Å². The van der Waals surface area contributed by atoms with E-state index in [2.05, 4.69) is 31.9 Å². The average Bonchev–Trinajstić information content (AvgIpc) is 3.39. The van der Waals surface area contributed by atoms with Gasteiger partial charge in [0.25, 0.3) is 0 Å². The summed E-state index contributed by atoms with van der Waals surface area (Å²) in [4.78, 5) is 111. The summed E-state index contributed by atoms with van der Waals surface area (Å²) in [5.74, 6) is -11.5. The molecule has 7 amide bonds. The Labute approximate surface area is 457 Å². The van der Waals surface area contributed by atoms with Gasteiger partial charge < -0.3 is 89.3 Å². The van der Waals surface area contributed by atoms with Crippen molar-refractivity contribution in [1.82, 2.24) is 31.9 Å². The number of aliphatic hydroxyl groups is 2. The number of benzene rings is 5. The first-order chi connectivity index (χ1) is 37.8. The normalized spacial score (nSPS) is 14.5. The van der Waals surface area contributed by atoms with Gasteiger partial charge in [0, 0.05) is 25.3 Å². The lowest BCUT2D eigenvalue weighted by Crippen LogP contribution is -2.61. The van der Waals surface area contributed by atoms with Crippen molar-refractivity contribution >= 4 is 47.3 Å². The van der Waals surface area contributed by atoms with Crippen LogP contribution in [0.25, 0.3) is 0 Å². The predicted molar refractivity (Wildman–Crippen MR) is 284 cm³/mol. The third-order valence-electron chi connectivity index (χ3n) is 12.4. The summed E-state index contributed by atoms with van der Waals surface area (Å²) in [7, 11) is 0. The van der Waals surface area contributed by atoms with Crippen LogP contribution in [0.5, 0.6) is 34.5 Å². The number of aliphatic hydroxyl groups excluding tert-OH is 2. The molecule has 0 radical (unpaired) electrons. The number of aromatic hydroxyl groups is 6. The lowest BCUT2D eigenvalue weighted by Gasteiger charge is -2.29. The lowest BCUT2D eigenvalue weighted by molar-refractivity contribution is -0.143. The second-order valence-corrected chi connectivity index (χ2v) is 19.3. The van der Waals surface area contributed by atoms with Crippen molar-refractivity contribution < 1.29 is 84.3 Å². The zero-order chi connectivity index (χ0) is 59.0. The fourth-order valence-electron chi connectivity index (χ4n) is 8.27. The SMILES string of the molecule is CC(C)C[C@@H](N)C(=O)N[C@@H](C(=O)N[C@@H](CC(N)=O)C(=O)N[C@H](Cc1ccc(O)cc1)C(=O)N[C@H](Cc1ccc(O)cc1)C(=O)N[C@H](C(=O)N[C@@H](Cc1cc(O)cc(O)c1)C(=O)O)[C@H](O)c1ccc(O)cc1)[C@H](O)c1ccc(O)cc1. The maximum atomic E-state index is 14.7. The lowest BCUT2D eigenvalue weighted by atomic mass is 9.98. The monoisotopic (exact) mass is 1110 g/mol. The highest BCUT2D eigenvalue weighted by Crippen LogP contribution is 2.25. The molecule has 0 spiro atoms. The molecule has 0 heterocycles. The molecule has 0 fully saturated rings. The van der Waals surface area contributed by atoms with Gasteiger partial charge >= 0.3 is 5.97 Å². The van der Waals surface area contributed by atoms with Crippen molar-refractivity contribution in [2.45, 2.75) is 100 Å². The highest BCUT2D eigenvalue weighted by molar-refractivity contribution is 5.99. The summed E-state index contributed by atoms with van der Waals surface area (Å²) >= 11 is 0. The molecular formula is C55H64N8O17. The largest absolute Gasteiger partial charge is 0.508 e. The Kier molecular flexibility index (Phi) is 21.7. The van der Waals surface area contributed by atoms with Crippen molar-refractivity contribution in [2.75, 3.05) is 0 Å². The zero-order valence-electron chi connectivity index (χ0n) is 43.2. The van der Waals surface area contributed by atoms with Gasteiger partial charge in [-0.1, -0.05) is 62.4 Å². The third kappa shape index (κ3) is 18.3. The van der Waals surface area contributed by atoms with Crippen molar-refractivity contribution in [3.8, 4) is 34.5 Å². The Hall–Kier alpha value is -9.46. The minimum Gasteiger partial charge on any atom is -0.508 e. The van der Waals surface area contributed by atoms with Crippen LogP contribution in [-0.4, -0.2) is 136 Å². The molecule has 5 aromatic rings. The van der Waals surface area contributed by atoms with Crippen molar-refractivity contribution in [3.63, 3.8) is 0 Å². The molecule has 25 nitrogen and oxygen atoms in total. The van der Waals surface area contributed by atoms with Crippen LogP contribution in [-0.2, 0) is 57.6 Å². The zero-order valence-corrected chi connectivity index (χ0v) is 43.2. The van der Waals surface area contributed by atoms with E-state index >= 15 is 0 Å². The maximum Gasteiger partial charge on any atom is 0.326 e. The van der Waals surface area contributed by atoms with Crippen LogP contribution >= 0.6 is 0 Å². The van der Waals surface area contributed by atoms with Gasteiger partial charge in [0.05, 0.1) is 12.5 Å².